The van der Waals surface area contributed by atoms with E-state index in [4.69, 9.17) is 14.2 Å². The highest BCUT2D eigenvalue weighted by Crippen LogP contribution is 2.30. The molecule has 0 spiro atoms. The lowest BCUT2D eigenvalue weighted by atomic mass is 10.1. The van der Waals surface area contributed by atoms with Crippen LogP contribution in [-0.4, -0.2) is 60.4 Å². The molecule has 1 N–H and O–H groups in total. The van der Waals surface area contributed by atoms with Crippen LogP contribution in [0.25, 0.3) is 0 Å². The van der Waals surface area contributed by atoms with E-state index in [2.05, 4.69) is 9.62 Å². The van der Waals surface area contributed by atoms with Gasteiger partial charge in [0.15, 0.2) is 11.5 Å². The van der Waals surface area contributed by atoms with Crippen molar-refractivity contribution in [2.24, 2.45) is 0 Å². The predicted molar refractivity (Wildman–Crippen MR) is 106 cm³/mol. The highest BCUT2D eigenvalue weighted by atomic mass is 32.2. The van der Waals surface area contributed by atoms with E-state index in [0.29, 0.717) is 31.3 Å². The number of nitrogens with one attached hydrogen (secondary N) is 1. The Hall–Kier alpha value is -2.13. The van der Waals surface area contributed by atoms with Crippen molar-refractivity contribution in [2.45, 2.75) is 10.9 Å². The van der Waals surface area contributed by atoms with Crippen molar-refractivity contribution in [3.8, 4) is 11.5 Å². The number of methoxy groups -OCH3 is 2. The van der Waals surface area contributed by atoms with Gasteiger partial charge in [0, 0.05) is 25.7 Å². The van der Waals surface area contributed by atoms with Crippen molar-refractivity contribution >= 4 is 10.0 Å². The van der Waals surface area contributed by atoms with E-state index in [1.54, 1.807) is 6.07 Å². The Balaban J connectivity index is 1.86. The SMILES string of the molecule is COc1ccc(S(=O)(=O)N[C@H](CN2CCOCC2)c2ccccc2)cc1OC. The van der Waals surface area contributed by atoms with Gasteiger partial charge < -0.3 is 14.2 Å². The van der Waals surface area contributed by atoms with E-state index >= 15 is 0 Å². The fourth-order valence-electron chi connectivity index (χ4n) is 3.18. The normalized spacial score (nSPS) is 16.5. The van der Waals surface area contributed by atoms with Crippen LogP contribution in [0.15, 0.2) is 53.4 Å². The standard InChI is InChI=1S/C20H26N2O5S/c1-25-19-9-8-17(14-20(19)26-2)28(23,24)21-18(16-6-4-3-5-7-16)15-22-10-12-27-13-11-22/h3-9,14,18,21H,10-13,15H2,1-2H3/t18-/m1/s1. The molecule has 1 aliphatic rings. The highest BCUT2D eigenvalue weighted by molar-refractivity contribution is 7.89. The maximum atomic E-state index is 13.1. The van der Waals surface area contributed by atoms with Crippen molar-refractivity contribution in [3.05, 3.63) is 54.1 Å². The van der Waals surface area contributed by atoms with E-state index in [-0.39, 0.29) is 10.9 Å². The first-order chi connectivity index (χ1) is 13.5. The van der Waals surface area contributed by atoms with E-state index < -0.39 is 10.0 Å². The third kappa shape index (κ3) is 5.02. The number of hydrogen-bond acceptors (Lipinski definition) is 6. The summed E-state index contributed by atoms with van der Waals surface area (Å²) in [5.74, 6) is 0.851. The fraction of sp³-hybridized carbons (Fsp3) is 0.400. The molecule has 1 heterocycles. The molecule has 152 valence electrons. The topological polar surface area (TPSA) is 77.1 Å². The minimum Gasteiger partial charge on any atom is -0.493 e. The van der Waals surface area contributed by atoms with Gasteiger partial charge in [0.25, 0.3) is 0 Å². The van der Waals surface area contributed by atoms with E-state index in [1.807, 2.05) is 30.3 Å². The molecule has 1 fully saturated rings. The van der Waals surface area contributed by atoms with E-state index in [0.717, 1.165) is 18.7 Å². The molecular formula is C20H26N2O5S. The Labute approximate surface area is 166 Å². The number of morpholine rings is 1. The van der Waals surface area contributed by atoms with Crippen LogP contribution in [0.3, 0.4) is 0 Å². The molecule has 8 heteroatoms. The number of benzene rings is 2. The molecule has 0 saturated carbocycles. The van der Waals surface area contributed by atoms with E-state index in [1.165, 1.54) is 26.4 Å². The first-order valence-corrected chi connectivity index (χ1v) is 10.6. The van der Waals surface area contributed by atoms with Gasteiger partial charge in [-0.3, -0.25) is 4.90 Å². The average molecular weight is 407 g/mol. The summed E-state index contributed by atoms with van der Waals surface area (Å²) in [5.41, 5.74) is 0.915. The summed E-state index contributed by atoms with van der Waals surface area (Å²) < 4.78 is 44.8. The molecule has 0 amide bonds. The second-order valence-corrected chi connectivity index (χ2v) is 8.23. The van der Waals surface area contributed by atoms with Crippen molar-refractivity contribution in [3.63, 3.8) is 0 Å². The maximum absolute atomic E-state index is 13.1. The zero-order chi connectivity index (χ0) is 20.0. The van der Waals surface area contributed by atoms with Gasteiger partial charge in [-0.2, -0.15) is 0 Å². The lowest BCUT2D eigenvalue weighted by Gasteiger charge is -2.31. The Kier molecular flexibility index (Phi) is 6.90. The van der Waals surface area contributed by atoms with Crippen LogP contribution in [0.5, 0.6) is 11.5 Å². The second-order valence-electron chi connectivity index (χ2n) is 6.51. The Morgan fingerprint density at radius 2 is 1.71 bits per heavy atom. The second kappa shape index (κ2) is 9.38. The highest BCUT2D eigenvalue weighted by Gasteiger charge is 2.25. The quantitative estimate of drug-likeness (QED) is 0.723. The summed E-state index contributed by atoms with van der Waals surface area (Å²) in [6.07, 6.45) is 0. The predicted octanol–water partition coefficient (Wildman–Crippen LogP) is 2.06. The lowest BCUT2D eigenvalue weighted by Crippen LogP contribution is -2.43. The van der Waals surface area contributed by atoms with Crippen molar-refractivity contribution in [2.75, 3.05) is 47.1 Å². The molecule has 0 aromatic heterocycles. The van der Waals surface area contributed by atoms with Gasteiger partial charge in [0.05, 0.1) is 38.4 Å². The van der Waals surface area contributed by atoms with Crippen LogP contribution in [0.4, 0.5) is 0 Å². The molecule has 0 bridgehead atoms. The van der Waals surface area contributed by atoms with E-state index in [9.17, 15) is 8.42 Å². The van der Waals surface area contributed by atoms with Gasteiger partial charge in [0.2, 0.25) is 10.0 Å². The van der Waals surface area contributed by atoms with Crippen LogP contribution in [-0.2, 0) is 14.8 Å². The average Bonchev–Trinajstić information content (AvgIpc) is 2.74. The monoisotopic (exact) mass is 406 g/mol. The third-order valence-corrected chi connectivity index (χ3v) is 6.18. The number of ether oxygens (including phenoxy) is 3. The maximum Gasteiger partial charge on any atom is 0.241 e. The zero-order valence-electron chi connectivity index (χ0n) is 16.1. The molecule has 0 unspecified atom stereocenters. The van der Waals surface area contributed by atoms with Crippen molar-refractivity contribution < 1.29 is 22.6 Å². The third-order valence-electron chi connectivity index (χ3n) is 4.71. The van der Waals surface area contributed by atoms with Crippen LogP contribution in [0.2, 0.25) is 0 Å². The first kappa shape index (κ1) is 20.6. The largest absolute Gasteiger partial charge is 0.493 e. The van der Waals surface area contributed by atoms with Crippen molar-refractivity contribution in [1.82, 2.24) is 9.62 Å². The van der Waals surface area contributed by atoms with Crippen LogP contribution in [0.1, 0.15) is 11.6 Å². The summed E-state index contributed by atoms with van der Waals surface area (Å²) in [7, 11) is -0.768. The van der Waals surface area contributed by atoms with Crippen LogP contribution >= 0.6 is 0 Å². The van der Waals surface area contributed by atoms with Gasteiger partial charge in [-0.1, -0.05) is 30.3 Å². The first-order valence-electron chi connectivity index (χ1n) is 9.13. The molecular weight excluding hydrogens is 380 g/mol. The molecule has 0 aliphatic carbocycles. The van der Waals surface area contributed by atoms with Gasteiger partial charge in [-0.15, -0.1) is 0 Å². The van der Waals surface area contributed by atoms with Gasteiger partial charge >= 0.3 is 0 Å². The molecule has 1 saturated heterocycles. The summed E-state index contributed by atoms with van der Waals surface area (Å²) >= 11 is 0. The Morgan fingerprint density at radius 3 is 2.36 bits per heavy atom. The lowest BCUT2D eigenvalue weighted by molar-refractivity contribution is 0.0345. The molecule has 28 heavy (non-hydrogen) atoms. The summed E-state index contributed by atoms with van der Waals surface area (Å²) in [5, 5.41) is 0. The van der Waals surface area contributed by atoms with Gasteiger partial charge in [-0.05, 0) is 17.7 Å². The van der Waals surface area contributed by atoms with Gasteiger partial charge in [0.1, 0.15) is 0 Å². The minimum atomic E-state index is -3.76. The van der Waals surface area contributed by atoms with Crippen molar-refractivity contribution in [1.29, 1.82) is 0 Å². The summed E-state index contributed by atoms with van der Waals surface area (Å²) in [6.45, 7) is 3.44. The number of rotatable bonds is 8. The van der Waals surface area contributed by atoms with Gasteiger partial charge in [-0.25, -0.2) is 13.1 Å². The fourth-order valence-corrected chi connectivity index (χ4v) is 4.41. The number of sulfonamides is 1. The zero-order valence-corrected chi connectivity index (χ0v) is 16.9. The molecule has 3 rings (SSSR count). The Morgan fingerprint density at radius 1 is 1.04 bits per heavy atom. The summed E-state index contributed by atoms with van der Waals surface area (Å²) in [4.78, 5) is 2.34. The minimum absolute atomic E-state index is 0.132. The molecule has 1 aliphatic heterocycles. The Bertz CT molecular complexity index is 867. The number of nitrogens with zero attached hydrogens (tertiary/aromatic N) is 1. The molecule has 7 nitrogen and oxygen atoms in total. The smallest absolute Gasteiger partial charge is 0.241 e. The number of hydrogen-bond donors (Lipinski definition) is 1. The molecule has 2 aromatic rings. The van der Waals surface area contributed by atoms with Crippen LogP contribution in [0, 0.1) is 0 Å². The summed E-state index contributed by atoms with van der Waals surface area (Å²) in [6, 6.07) is 13.8. The molecule has 0 radical (unpaired) electrons. The molecule has 2 aromatic carbocycles. The molecule has 1 atom stereocenters. The van der Waals surface area contributed by atoms with Crippen LogP contribution < -0.4 is 14.2 Å².